The van der Waals surface area contributed by atoms with E-state index in [4.69, 9.17) is 0 Å². The zero-order valence-corrected chi connectivity index (χ0v) is 33.6. The van der Waals surface area contributed by atoms with Gasteiger partial charge in [-0.25, -0.2) is 27.5 Å². The predicted molar refractivity (Wildman–Crippen MR) is 178 cm³/mol. The Hall–Kier alpha value is -4.82. The first-order valence-electron chi connectivity index (χ1n) is 15.1. The van der Waals surface area contributed by atoms with E-state index in [-0.39, 0.29) is 53.5 Å². The van der Waals surface area contributed by atoms with Gasteiger partial charge in [0.1, 0.15) is 11.6 Å². The molecule has 0 N–H and O–H groups in total. The molecule has 0 atom stereocenters. The Balaban J connectivity index is 0.000000210. The summed E-state index contributed by atoms with van der Waals surface area (Å²) in [5, 5.41) is 14.6. The van der Waals surface area contributed by atoms with Crippen LogP contribution in [0.15, 0.2) is 48.8 Å². The quantitative estimate of drug-likeness (QED) is 0.113. The third-order valence-corrected chi connectivity index (χ3v) is 6.98. The van der Waals surface area contributed by atoms with Crippen molar-refractivity contribution in [3.05, 3.63) is 132 Å². The first-order chi connectivity index (χ1) is 24.7. The van der Waals surface area contributed by atoms with Crippen molar-refractivity contribution in [3.63, 3.8) is 0 Å². The fourth-order valence-corrected chi connectivity index (χ4v) is 4.72. The van der Waals surface area contributed by atoms with Crippen molar-refractivity contribution < 1.29 is 68.5 Å². The number of aromatic nitrogens is 8. The van der Waals surface area contributed by atoms with Crippen molar-refractivity contribution in [2.45, 2.75) is 27.7 Å². The molecule has 6 aromatic rings. The second-order valence-corrected chi connectivity index (χ2v) is 11.0. The van der Waals surface area contributed by atoms with Gasteiger partial charge in [0.15, 0.2) is 0 Å². The van der Waals surface area contributed by atoms with Gasteiger partial charge in [-0.2, -0.15) is 13.3 Å². The standard InChI is InChI=1S/2C13H8F3N3.2C4H6N3.2Pt/c2*1-18-7-19(13-11(18)3-2-4-17-13)8-5-9(14)12(16)10(15)6-8;2*1-3-5-4(2)7-6-3;;/h2*2-5,7H,1H3;2*1-2H3;;/q2*-2;2*-1;;. The van der Waals surface area contributed by atoms with Crippen molar-refractivity contribution in [1.82, 2.24) is 40.3 Å². The van der Waals surface area contributed by atoms with Crippen LogP contribution in [0.3, 0.4) is 0 Å². The Bertz CT molecular complexity index is 1940. The summed E-state index contributed by atoms with van der Waals surface area (Å²) in [5.74, 6) is -4.28. The molecule has 2 aromatic carbocycles. The molecule has 0 aliphatic carbocycles. The van der Waals surface area contributed by atoms with Gasteiger partial charge in [0.2, 0.25) is 0 Å². The minimum atomic E-state index is -1.53. The van der Waals surface area contributed by atoms with Crippen LogP contribution in [0.1, 0.15) is 23.3 Å². The van der Waals surface area contributed by atoms with E-state index in [2.05, 4.69) is 52.5 Å². The number of pyridine rings is 2. The molecule has 12 nitrogen and oxygen atoms in total. The van der Waals surface area contributed by atoms with E-state index < -0.39 is 34.9 Å². The van der Waals surface area contributed by atoms with Gasteiger partial charge >= 0.3 is 0 Å². The molecule has 292 valence electrons. The number of anilines is 6. The van der Waals surface area contributed by atoms with Crippen molar-refractivity contribution in [3.8, 4) is 0 Å². The first kappa shape index (κ1) is 43.6. The van der Waals surface area contributed by atoms with Gasteiger partial charge in [-0.1, -0.05) is 23.0 Å². The Morgan fingerprint density at radius 3 is 1.26 bits per heavy atom. The van der Waals surface area contributed by atoms with E-state index in [1.807, 2.05) is 39.8 Å². The van der Waals surface area contributed by atoms with E-state index in [0.717, 1.165) is 46.8 Å². The van der Waals surface area contributed by atoms with Crippen molar-refractivity contribution in [2.75, 3.05) is 33.7 Å². The van der Waals surface area contributed by atoms with Crippen LogP contribution in [0.5, 0.6) is 0 Å². The smallest absolute Gasteiger partial charge is 0.124 e. The van der Waals surface area contributed by atoms with Crippen molar-refractivity contribution in [2.24, 2.45) is 0 Å². The van der Waals surface area contributed by atoms with Crippen LogP contribution in [0, 0.1) is 88.1 Å². The molecule has 0 saturated heterocycles. The first-order valence-corrected chi connectivity index (χ1v) is 15.1. The van der Waals surface area contributed by atoms with E-state index >= 15 is 0 Å². The van der Waals surface area contributed by atoms with Gasteiger partial charge in [-0.05, 0) is 66.1 Å². The summed E-state index contributed by atoms with van der Waals surface area (Å²) in [6.45, 7) is 10.5. The summed E-state index contributed by atoms with van der Waals surface area (Å²) in [6.07, 6.45) is 3.13. The third kappa shape index (κ3) is 10.2. The van der Waals surface area contributed by atoms with Gasteiger partial charge in [-0.15, -0.1) is 24.3 Å². The molecule has 0 radical (unpaired) electrons. The van der Waals surface area contributed by atoms with Crippen LogP contribution in [0.2, 0.25) is 0 Å². The third-order valence-electron chi connectivity index (χ3n) is 6.98. The molecule has 0 spiro atoms. The summed E-state index contributed by atoms with van der Waals surface area (Å²) in [6, 6.07) is 13.2. The number of fused-ring (bicyclic) bond motifs is 2. The Labute approximate surface area is 335 Å². The maximum atomic E-state index is 13.3. The molecule has 8 rings (SSSR count). The van der Waals surface area contributed by atoms with Crippen LogP contribution in [0.4, 0.5) is 60.7 Å². The second kappa shape index (κ2) is 19.0. The molecule has 6 heterocycles. The van der Waals surface area contributed by atoms with E-state index in [0.29, 0.717) is 11.6 Å². The van der Waals surface area contributed by atoms with Gasteiger partial charge in [0, 0.05) is 89.2 Å². The van der Waals surface area contributed by atoms with E-state index in [1.54, 1.807) is 61.8 Å². The summed E-state index contributed by atoms with van der Waals surface area (Å²) in [5.41, 5.74) is 1.67. The zero-order chi connectivity index (χ0) is 37.7. The van der Waals surface area contributed by atoms with Crippen LogP contribution in [-0.2, 0) is 42.1 Å². The molecular weight excluding hydrogens is 1080 g/mol. The number of hydrogen-bond acceptors (Lipinski definition) is 10. The van der Waals surface area contributed by atoms with Gasteiger partial charge in [0.05, 0.1) is 23.3 Å². The fourth-order valence-electron chi connectivity index (χ4n) is 4.72. The van der Waals surface area contributed by atoms with Crippen LogP contribution >= 0.6 is 0 Å². The Morgan fingerprint density at radius 1 is 0.611 bits per heavy atom. The summed E-state index contributed by atoms with van der Waals surface area (Å²) >= 11 is 0. The van der Waals surface area contributed by atoms with Crippen molar-refractivity contribution in [1.29, 1.82) is 0 Å². The molecule has 0 amide bonds. The van der Waals surface area contributed by atoms with Crippen LogP contribution < -0.4 is 29.8 Å². The molecule has 0 saturated carbocycles. The Kier molecular flexibility index (Phi) is 15.3. The predicted octanol–water partition coefficient (Wildman–Crippen LogP) is 6.11. The molecule has 54 heavy (non-hydrogen) atoms. The molecule has 0 bridgehead atoms. The molecule has 2 aliphatic rings. The number of halogens is 6. The monoisotopic (exact) mass is 1110 g/mol. The normalized spacial score (nSPS) is 12.2. The summed E-state index contributed by atoms with van der Waals surface area (Å²) in [4.78, 5) is 22.4. The van der Waals surface area contributed by atoms with Crippen LogP contribution in [0.25, 0.3) is 0 Å². The Morgan fingerprint density at radius 2 is 0.981 bits per heavy atom. The minimum absolute atomic E-state index is 0. The minimum Gasteiger partial charge on any atom is -0.502 e. The summed E-state index contributed by atoms with van der Waals surface area (Å²) < 4.78 is 78.8. The molecule has 2 aliphatic heterocycles. The number of rotatable bonds is 2. The maximum Gasteiger partial charge on any atom is 0.124 e. The number of aryl methyl sites for hydroxylation is 4. The molecular formula is C34H28F6N12Pt2-6. The molecule has 20 heteroatoms. The molecule has 0 fully saturated rings. The van der Waals surface area contributed by atoms with Gasteiger partial charge < -0.3 is 39.8 Å². The summed E-state index contributed by atoms with van der Waals surface area (Å²) in [7, 11) is 3.55. The fraction of sp³-hybridized carbons (Fsp3) is 0.176. The van der Waals surface area contributed by atoms with E-state index in [1.165, 1.54) is 9.80 Å². The van der Waals surface area contributed by atoms with E-state index in [9.17, 15) is 26.3 Å². The largest absolute Gasteiger partial charge is 0.502 e. The van der Waals surface area contributed by atoms with Gasteiger partial charge in [-0.3, -0.25) is 19.0 Å². The maximum absolute atomic E-state index is 13.3. The zero-order valence-electron chi connectivity index (χ0n) is 29.0. The molecule has 0 unspecified atom stereocenters. The average molecular weight is 1110 g/mol. The SMILES string of the molecule is CN1[CH-]N(c2[c-]c(F)c(F)c(F)c2)c2ncccc21.CN1[CH-]N(c2[c-]c(F)c(F)c(F)c2)c2ncccc21.Cc1n[n-]c(C)n1.Cc1n[n-]c(C)n1.[Pt].[Pt]. The number of nitrogens with zero attached hydrogens (tertiary/aromatic N) is 12. The van der Waals surface area contributed by atoms with Crippen LogP contribution in [-0.4, -0.2) is 44.2 Å². The topological polar surface area (TPSA) is 119 Å². The number of hydrogen-bond donors (Lipinski definition) is 0. The molecule has 4 aromatic heterocycles. The van der Waals surface area contributed by atoms with Gasteiger partial charge in [0.25, 0.3) is 0 Å². The van der Waals surface area contributed by atoms with Crippen molar-refractivity contribution >= 4 is 34.4 Å². The average Bonchev–Trinajstić information content (AvgIpc) is 3.88. The number of benzene rings is 2. The second-order valence-electron chi connectivity index (χ2n) is 11.0.